The van der Waals surface area contributed by atoms with Crippen LogP contribution in [0.4, 0.5) is 4.79 Å². The van der Waals surface area contributed by atoms with Gasteiger partial charge in [-0.15, -0.1) is 0 Å². The van der Waals surface area contributed by atoms with Crippen molar-refractivity contribution in [3.05, 3.63) is 35.9 Å². The van der Waals surface area contributed by atoms with Crippen molar-refractivity contribution >= 4 is 48.6 Å². The Morgan fingerprint density at radius 3 is 1.18 bits per heavy atom. The first kappa shape index (κ1) is 80.8. The van der Waals surface area contributed by atoms with Gasteiger partial charge in [0.15, 0.2) is 0 Å². The van der Waals surface area contributed by atoms with Crippen LogP contribution in [-0.2, 0) is 87.4 Å². The summed E-state index contributed by atoms with van der Waals surface area (Å²) in [7, 11) is 0. The molecule has 1 aromatic rings. The largest absolute Gasteiger partial charge is 0.481 e. The SMILES string of the molecule is CCCCCCCCCCCC(CCCCCCCCCCC(=O)O)(C(=O)O)C(=O)NCCOCCOCCOCCOCCOCCOCCOCCOCCOCCOCCOCCNC(=O)[C@H](CCC(=O)NS)NC(=O)OCc1ccccc1. The van der Waals surface area contributed by atoms with E-state index in [1.807, 2.05) is 30.3 Å². The minimum atomic E-state index is -1.46. The molecular weight excluding hydrogens is 1150 g/mol. The van der Waals surface area contributed by atoms with Crippen molar-refractivity contribution in [2.45, 2.75) is 161 Å². The summed E-state index contributed by atoms with van der Waals surface area (Å²) in [6.45, 7) is 11.2. The van der Waals surface area contributed by atoms with Gasteiger partial charge in [0.2, 0.25) is 17.7 Å². The number of rotatable bonds is 66. The summed E-state index contributed by atoms with van der Waals surface area (Å²) in [5, 5.41) is 27.3. The molecule has 0 bridgehead atoms. The summed E-state index contributed by atoms with van der Waals surface area (Å²) < 4.78 is 68.4. The molecule has 0 aliphatic rings. The minimum absolute atomic E-state index is 0.0261. The molecule has 0 aliphatic carbocycles. The first-order valence-corrected chi connectivity index (χ1v) is 32.3. The highest BCUT2D eigenvalue weighted by Crippen LogP contribution is 2.33. The smallest absolute Gasteiger partial charge is 0.408 e. The molecule has 87 heavy (non-hydrogen) atoms. The highest BCUT2D eigenvalue weighted by Gasteiger charge is 2.44. The van der Waals surface area contributed by atoms with Crippen molar-refractivity contribution in [2.24, 2.45) is 5.41 Å². The Morgan fingerprint density at radius 2 is 0.816 bits per heavy atom. The first-order chi connectivity index (χ1) is 42.5. The molecule has 1 aromatic carbocycles. The summed E-state index contributed by atoms with van der Waals surface area (Å²) in [4.78, 5) is 73.8. The van der Waals surface area contributed by atoms with E-state index in [0.717, 1.165) is 63.4 Å². The summed E-state index contributed by atoms with van der Waals surface area (Å²) in [5.74, 6) is -3.11. The number of hydrogen-bond acceptors (Lipinski definition) is 19. The van der Waals surface area contributed by atoms with Crippen LogP contribution >= 0.6 is 12.8 Å². The molecular formula is C62H110N4O20S. The lowest BCUT2D eigenvalue weighted by Gasteiger charge is -2.28. The second-order valence-corrected chi connectivity index (χ2v) is 21.0. The van der Waals surface area contributed by atoms with Crippen molar-refractivity contribution in [1.29, 1.82) is 0 Å². The standard InChI is InChI=1S/C62H110N4O20S/c1-2-3-4-5-6-8-11-14-20-27-62(60(72)73,28-21-15-12-9-7-10-13-19-24-57(68)69)59(71)64-30-32-76-34-36-78-38-40-80-42-44-82-46-48-84-50-52-85-51-49-83-47-45-81-43-41-79-39-37-77-35-33-75-31-29-63-58(70)55(25-26-56(67)66-87)65-61(74)86-53-54-22-17-16-18-23-54/h16-18,22-23,55,87H,2-15,19-21,24-53H2,1H3,(H,63,70)(H,64,71)(H,65,74)(H,66,67)(H,68,69)(H,72,73)/t55-,62?/m0/s1. The van der Waals surface area contributed by atoms with Gasteiger partial charge in [-0.25, -0.2) is 4.79 Å². The molecule has 0 heterocycles. The molecule has 0 radical (unpaired) electrons. The number of carbonyl (C=O) groups excluding carboxylic acids is 4. The highest BCUT2D eigenvalue weighted by molar-refractivity contribution is 7.78. The lowest BCUT2D eigenvalue weighted by atomic mass is 9.76. The number of amides is 4. The molecule has 0 aromatic heterocycles. The van der Waals surface area contributed by atoms with Crippen molar-refractivity contribution in [3.63, 3.8) is 0 Å². The van der Waals surface area contributed by atoms with Gasteiger partial charge in [-0.05, 0) is 31.2 Å². The summed E-state index contributed by atoms with van der Waals surface area (Å²) in [6, 6.07) is 8.12. The lowest BCUT2D eigenvalue weighted by Crippen LogP contribution is -2.48. The van der Waals surface area contributed by atoms with E-state index in [9.17, 15) is 33.9 Å². The second-order valence-electron chi connectivity index (χ2n) is 20.8. The zero-order valence-corrected chi connectivity index (χ0v) is 53.3. The topological polar surface area (TPSA) is 302 Å². The lowest BCUT2D eigenvalue weighted by molar-refractivity contribution is -0.157. The number of carbonyl (C=O) groups is 6. The molecule has 0 fully saturated rings. The Balaban J connectivity index is 1.95. The molecule has 24 nitrogen and oxygen atoms in total. The third kappa shape index (κ3) is 50.2. The van der Waals surface area contributed by atoms with E-state index < -0.39 is 41.3 Å². The number of hydrogen-bond donors (Lipinski definition) is 7. The van der Waals surface area contributed by atoms with Gasteiger partial charge in [0.05, 0.1) is 145 Å². The van der Waals surface area contributed by atoms with Crippen LogP contribution in [0.5, 0.6) is 0 Å². The Morgan fingerprint density at radius 1 is 0.460 bits per heavy atom. The van der Waals surface area contributed by atoms with Gasteiger partial charge < -0.3 is 87.7 Å². The molecule has 1 unspecified atom stereocenters. The fourth-order valence-electron chi connectivity index (χ4n) is 8.75. The summed E-state index contributed by atoms with van der Waals surface area (Å²) in [5.41, 5.74) is -0.665. The summed E-state index contributed by atoms with van der Waals surface area (Å²) in [6.07, 6.45) is 17.2. The van der Waals surface area contributed by atoms with E-state index in [4.69, 9.17) is 61.9 Å². The molecule has 6 N–H and O–H groups in total. The molecule has 1 rings (SSSR count). The monoisotopic (exact) mass is 1260 g/mol. The molecule has 2 atom stereocenters. The maximum Gasteiger partial charge on any atom is 0.408 e. The van der Waals surface area contributed by atoms with Gasteiger partial charge in [-0.3, -0.25) is 24.0 Å². The number of aliphatic carboxylic acids is 2. The normalized spacial score (nSPS) is 12.3. The highest BCUT2D eigenvalue weighted by atomic mass is 32.1. The number of carboxylic acids is 2. The van der Waals surface area contributed by atoms with E-state index >= 15 is 0 Å². The van der Waals surface area contributed by atoms with Crippen molar-refractivity contribution in [2.75, 3.05) is 158 Å². The molecule has 0 aliphatic heterocycles. The fourth-order valence-corrected chi connectivity index (χ4v) is 8.86. The Labute approximate surface area is 523 Å². The number of unbranched alkanes of at least 4 members (excludes halogenated alkanes) is 15. The van der Waals surface area contributed by atoms with Crippen LogP contribution in [0.1, 0.15) is 154 Å². The van der Waals surface area contributed by atoms with Crippen LogP contribution in [0.25, 0.3) is 0 Å². The van der Waals surface area contributed by atoms with E-state index in [2.05, 4.69) is 40.4 Å². The van der Waals surface area contributed by atoms with Crippen LogP contribution < -0.4 is 20.7 Å². The number of alkyl carbamates (subject to hydrolysis) is 1. The van der Waals surface area contributed by atoms with Gasteiger partial charge >= 0.3 is 18.0 Å². The Hall–Kier alpha value is -4.25. The van der Waals surface area contributed by atoms with E-state index in [0.29, 0.717) is 164 Å². The zero-order valence-electron chi connectivity index (χ0n) is 52.4. The van der Waals surface area contributed by atoms with Crippen LogP contribution in [0.15, 0.2) is 30.3 Å². The molecule has 0 saturated carbocycles. The number of carboxylic acid groups (broad SMARTS) is 2. The number of nitrogens with one attached hydrogen (secondary N) is 4. The third-order valence-electron chi connectivity index (χ3n) is 13.7. The van der Waals surface area contributed by atoms with Crippen LogP contribution in [-0.4, -0.2) is 210 Å². The van der Waals surface area contributed by atoms with Crippen molar-refractivity contribution < 1.29 is 95.8 Å². The average molecular weight is 1260 g/mol. The zero-order chi connectivity index (χ0) is 63.2. The van der Waals surface area contributed by atoms with Crippen molar-refractivity contribution in [3.8, 4) is 0 Å². The third-order valence-corrected chi connectivity index (χ3v) is 13.9. The van der Waals surface area contributed by atoms with E-state index in [-0.39, 0.29) is 58.1 Å². The maximum absolute atomic E-state index is 13.5. The predicted octanol–water partition coefficient (Wildman–Crippen LogP) is 7.42. The van der Waals surface area contributed by atoms with Gasteiger partial charge in [0, 0.05) is 25.9 Å². The number of thiol groups is 1. The molecule has 504 valence electrons. The fraction of sp³-hybridized carbons (Fsp3) is 0.806. The van der Waals surface area contributed by atoms with Gasteiger partial charge in [0.25, 0.3) is 0 Å². The minimum Gasteiger partial charge on any atom is -0.481 e. The second kappa shape index (κ2) is 60.6. The van der Waals surface area contributed by atoms with Crippen LogP contribution in [0.3, 0.4) is 0 Å². The average Bonchev–Trinajstić information content (AvgIpc) is 2.75. The molecule has 0 spiro atoms. The van der Waals surface area contributed by atoms with Gasteiger partial charge in [-0.2, -0.15) is 0 Å². The number of ether oxygens (including phenoxy) is 12. The predicted molar refractivity (Wildman–Crippen MR) is 331 cm³/mol. The maximum atomic E-state index is 13.5. The Kier molecular flexibility index (Phi) is 56.3. The summed E-state index contributed by atoms with van der Waals surface area (Å²) >= 11 is 3.73. The molecule has 0 saturated heterocycles. The molecule has 25 heteroatoms. The van der Waals surface area contributed by atoms with E-state index in [1.54, 1.807) is 0 Å². The quantitative estimate of drug-likeness (QED) is 0.0190. The van der Waals surface area contributed by atoms with Crippen molar-refractivity contribution in [1.82, 2.24) is 20.7 Å². The van der Waals surface area contributed by atoms with Gasteiger partial charge in [-0.1, -0.05) is 153 Å². The molecule has 4 amide bonds. The Bertz CT molecular complexity index is 1820. The first-order valence-electron chi connectivity index (χ1n) is 31.8. The van der Waals surface area contributed by atoms with E-state index in [1.165, 1.54) is 32.1 Å². The van der Waals surface area contributed by atoms with Crippen LogP contribution in [0.2, 0.25) is 0 Å². The van der Waals surface area contributed by atoms with Gasteiger partial charge in [0.1, 0.15) is 18.1 Å². The van der Waals surface area contributed by atoms with Crippen LogP contribution in [0, 0.1) is 5.41 Å². The number of benzene rings is 1.